The van der Waals surface area contributed by atoms with E-state index in [4.69, 9.17) is 0 Å². The minimum absolute atomic E-state index is 0. The number of hydrogen-bond donors (Lipinski definition) is 2. The van der Waals surface area contributed by atoms with E-state index in [0.29, 0.717) is 30.0 Å². The minimum atomic E-state index is 0. The van der Waals surface area contributed by atoms with E-state index in [1.54, 1.807) is 0 Å². The maximum atomic E-state index is 4.49. The Hall–Kier alpha value is -0.120. The molecule has 3 atom stereocenters. The van der Waals surface area contributed by atoms with Crippen LogP contribution in [0.2, 0.25) is 0 Å². The van der Waals surface area contributed by atoms with Crippen molar-refractivity contribution in [2.45, 2.75) is 52.7 Å². The molecule has 0 aliphatic carbocycles. The van der Waals surface area contributed by atoms with E-state index in [1.807, 2.05) is 7.05 Å². The van der Waals surface area contributed by atoms with Gasteiger partial charge in [0.05, 0.1) is 0 Å². The third kappa shape index (κ3) is 7.33. The monoisotopic (exact) mass is 494 g/mol. The van der Waals surface area contributed by atoms with Crippen molar-refractivity contribution in [3.05, 3.63) is 0 Å². The lowest BCUT2D eigenvalue weighted by molar-refractivity contribution is 0.0899. The summed E-state index contributed by atoms with van der Waals surface area (Å²) in [7, 11) is 4.10. The van der Waals surface area contributed by atoms with E-state index in [2.05, 4.69) is 72.0 Å². The van der Waals surface area contributed by atoms with E-state index in [1.165, 1.54) is 19.6 Å². The van der Waals surface area contributed by atoms with Gasteiger partial charge in [-0.25, -0.2) is 0 Å². The first-order valence-electron chi connectivity index (χ1n) is 10.5. The molecule has 7 heteroatoms. The fourth-order valence-corrected chi connectivity index (χ4v) is 4.13. The lowest BCUT2D eigenvalue weighted by Crippen LogP contribution is -2.56. The summed E-state index contributed by atoms with van der Waals surface area (Å²) in [6, 6.07) is 1.64. The van der Waals surface area contributed by atoms with Crippen LogP contribution < -0.4 is 10.6 Å². The van der Waals surface area contributed by atoms with Gasteiger partial charge in [0.25, 0.3) is 0 Å². The summed E-state index contributed by atoms with van der Waals surface area (Å²) in [5.74, 6) is 2.23. The second kappa shape index (κ2) is 11.8. The molecule has 3 unspecified atom stereocenters. The second-order valence-corrected chi connectivity index (χ2v) is 8.88. The number of nitrogens with zero attached hydrogens (tertiary/aromatic N) is 4. The number of halogens is 1. The van der Waals surface area contributed by atoms with Crippen LogP contribution in [0.1, 0.15) is 34.6 Å². The van der Waals surface area contributed by atoms with Gasteiger partial charge in [0, 0.05) is 71.0 Å². The molecule has 0 aromatic rings. The van der Waals surface area contributed by atoms with Crippen molar-refractivity contribution in [3.8, 4) is 0 Å². The predicted octanol–water partition coefficient (Wildman–Crippen LogP) is 1.77. The zero-order chi connectivity index (χ0) is 19.3. The van der Waals surface area contributed by atoms with Crippen LogP contribution >= 0.6 is 24.0 Å². The lowest BCUT2D eigenvalue weighted by atomic mass is 10.0. The number of likely N-dealkylation sites (tertiary alicyclic amines) is 1. The Balaban J connectivity index is 0.00000364. The molecule has 0 radical (unpaired) electrons. The summed E-state index contributed by atoms with van der Waals surface area (Å²) in [5.41, 5.74) is 0. The van der Waals surface area contributed by atoms with Crippen molar-refractivity contribution < 1.29 is 0 Å². The van der Waals surface area contributed by atoms with Gasteiger partial charge in [0.2, 0.25) is 0 Å². The Morgan fingerprint density at radius 1 is 1.04 bits per heavy atom. The van der Waals surface area contributed by atoms with Crippen LogP contribution in [0.3, 0.4) is 0 Å². The van der Waals surface area contributed by atoms with Gasteiger partial charge < -0.3 is 15.5 Å². The molecule has 27 heavy (non-hydrogen) atoms. The zero-order valence-corrected chi connectivity index (χ0v) is 20.9. The number of rotatable bonds is 6. The number of guanidine groups is 1. The molecule has 0 bridgehead atoms. The van der Waals surface area contributed by atoms with E-state index < -0.39 is 0 Å². The average molecular weight is 495 g/mol. The highest BCUT2D eigenvalue weighted by Gasteiger charge is 2.31. The van der Waals surface area contributed by atoms with Gasteiger partial charge in [0.15, 0.2) is 5.96 Å². The van der Waals surface area contributed by atoms with E-state index in [0.717, 1.165) is 32.1 Å². The Morgan fingerprint density at radius 2 is 1.67 bits per heavy atom. The highest BCUT2D eigenvalue weighted by Crippen LogP contribution is 2.18. The molecule has 2 aliphatic rings. The number of piperazine rings is 1. The molecule has 2 saturated heterocycles. The summed E-state index contributed by atoms with van der Waals surface area (Å²) in [6.45, 7) is 19.5. The Bertz CT molecular complexity index is 448. The fraction of sp³-hybridized carbons (Fsp3) is 0.950. The molecule has 0 aromatic heterocycles. The maximum absolute atomic E-state index is 4.49. The van der Waals surface area contributed by atoms with Gasteiger partial charge in [-0.15, -0.1) is 24.0 Å². The largest absolute Gasteiger partial charge is 0.355 e. The Morgan fingerprint density at radius 3 is 2.15 bits per heavy atom. The van der Waals surface area contributed by atoms with E-state index in [9.17, 15) is 0 Å². The van der Waals surface area contributed by atoms with Crippen molar-refractivity contribution in [1.29, 1.82) is 0 Å². The number of nitrogens with one attached hydrogen (secondary N) is 2. The standard InChI is InChI=1S/C20H42N6.HI/c1-15(2)19(25-10-8-24(7)9-11-25)12-22-20(21-6)23-18-14-26(16(3)4)13-17(18)5;/h15-19H,8-14H2,1-7H3,(H2,21,22,23);1H. The smallest absolute Gasteiger partial charge is 0.191 e. The van der Waals surface area contributed by atoms with E-state index in [-0.39, 0.29) is 24.0 Å². The summed E-state index contributed by atoms with van der Waals surface area (Å²) < 4.78 is 0. The molecule has 2 aliphatic heterocycles. The average Bonchev–Trinajstić information content (AvgIpc) is 2.96. The van der Waals surface area contributed by atoms with Crippen molar-refractivity contribution in [2.24, 2.45) is 16.8 Å². The third-order valence-corrected chi connectivity index (χ3v) is 6.17. The minimum Gasteiger partial charge on any atom is -0.355 e. The number of aliphatic imine (C=N–C) groups is 1. The van der Waals surface area contributed by atoms with Gasteiger partial charge in [-0.1, -0.05) is 20.8 Å². The molecule has 160 valence electrons. The van der Waals surface area contributed by atoms with Crippen LogP contribution in [0.15, 0.2) is 4.99 Å². The summed E-state index contributed by atoms with van der Waals surface area (Å²) >= 11 is 0. The molecular formula is C20H43IN6. The quantitative estimate of drug-likeness (QED) is 0.335. The Labute approximate surface area is 184 Å². The van der Waals surface area contributed by atoms with Gasteiger partial charge in [0.1, 0.15) is 0 Å². The maximum Gasteiger partial charge on any atom is 0.191 e. The van der Waals surface area contributed by atoms with Crippen LogP contribution in [0.4, 0.5) is 0 Å². The summed E-state index contributed by atoms with van der Waals surface area (Å²) in [5, 5.41) is 7.29. The molecule has 2 fully saturated rings. The molecule has 0 amide bonds. The van der Waals surface area contributed by atoms with Gasteiger partial charge in [-0.05, 0) is 32.7 Å². The van der Waals surface area contributed by atoms with E-state index >= 15 is 0 Å². The molecule has 0 saturated carbocycles. The summed E-state index contributed by atoms with van der Waals surface area (Å²) in [4.78, 5) is 12.1. The van der Waals surface area contributed by atoms with Crippen molar-refractivity contribution >= 4 is 29.9 Å². The van der Waals surface area contributed by atoms with Crippen LogP contribution in [-0.4, -0.2) is 98.7 Å². The molecule has 0 spiro atoms. The second-order valence-electron chi connectivity index (χ2n) is 8.88. The van der Waals surface area contributed by atoms with Crippen molar-refractivity contribution in [1.82, 2.24) is 25.3 Å². The number of hydrogen-bond acceptors (Lipinski definition) is 4. The first-order chi connectivity index (χ1) is 12.3. The molecular weight excluding hydrogens is 451 g/mol. The van der Waals surface area contributed by atoms with Crippen LogP contribution in [0.5, 0.6) is 0 Å². The molecule has 2 rings (SSSR count). The van der Waals surface area contributed by atoms with Gasteiger partial charge >= 0.3 is 0 Å². The predicted molar refractivity (Wildman–Crippen MR) is 127 cm³/mol. The molecule has 2 N–H and O–H groups in total. The van der Waals surface area contributed by atoms with Crippen molar-refractivity contribution in [2.75, 3.05) is 59.9 Å². The fourth-order valence-electron chi connectivity index (χ4n) is 4.13. The van der Waals surface area contributed by atoms with Crippen LogP contribution in [0.25, 0.3) is 0 Å². The Kier molecular flexibility index (Phi) is 10.9. The third-order valence-electron chi connectivity index (χ3n) is 6.17. The van der Waals surface area contributed by atoms with Gasteiger partial charge in [-0.2, -0.15) is 0 Å². The summed E-state index contributed by atoms with van der Waals surface area (Å²) in [6.07, 6.45) is 0. The number of likely N-dealkylation sites (N-methyl/N-ethyl adjacent to an activating group) is 1. The lowest BCUT2D eigenvalue weighted by Gasteiger charge is -2.40. The first-order valence-corrected chi connectivity index (χ1v) is 10.5. The van der Waals surface area contributed by atoms with Gasteiger partial charge in [-0.3, -0.25) is 14.8 Å². The molecule has 2 heterocycles. The van der Waals surface area contributed by atoms with Crippen molar-refractivity contribution in [3.63, 3.8) is 0 Å². The van der Waals surface area contributed by atoms with Crippen LogP contribution in [0, 0.1) is 11.8 Å². The topological polar surface area (TPSA) is 46.1 Å². The highest BCUT2D eigenvalue weighted by molar-refractivity contribution is 14.0. The zero-order valence-electron chi connectivity index (χ0n) is 18.5. The van der Waals surface area contributed by atoms with Crippen LogP contribution in [-0.2, 0) is 0 Å². The normalized spacial score (nSPS) is 27.1. The molecule has 6 nitrogen and oxygen atoms in total. The molecule has 0 aromatic carbocycles. The highest BCUT2D eigenvalue weighted by atomic mass is 127. The SMILES string of the molecule is CN=C(NCC(C(C)C)N1CCN(C)CC1)NC1CN(C(C)C)CC1C.I. The first kappa shape index (κ1) is 24.9.